The molecule has 0 aliphatic carbocycles. The zero-order valence-electron chi connectivity index (χ0n) is 22.3. The highest BCUT2D eigenvalue weighted by Crippen LogP contribution is 2.39. The molecular formula is C25H25F5N8O3. The number of nitro groups is 1. The summed E-state index contributed by atoms with van der Waals surface area (Å²) in [5, 5.41) is 14.7. The number of aromatic nitrogens is 4. The van der Waals surface area contributed by atoms with Crippen LogP contribution in [0.15, 0.2) is 36.5 Å². The van der Waals surface area contributed by atoms with Gasteiger partial charge in [-0.3, -0.25) is 10.1 Å². The first-order chi connectivity index (χ1) is 19.3. The van der Waals surface area contributed by atoms with Crippen molar-refractivity contribution in [1.29, 1.82) is 0 Å². The first-order valence-electron chi connectivity index (χ1n) is 12.0. The van der Waals surface area contributed by atoms with Crippen molar-refractivity contribution in [3.05, 3.63) is 58.3 Å². The number of fused-ring (bicyclic) bond motifs is 1. The van der Waals surface area contributed by atoms with Crippen molar-refractivity contribution in [3.8, 4) is 17.3 Å². The molecule has 2 aromatic heterocycles. The van der Waals surface area contributed by atoms with Crippen LogP contribution in [-0.4, -0.2) is 76.9 Å². The molecule has 0 bridgehead atoms. The lowest BCUT2D eigenvalue weighted by Crippen LogP contribution is -2.28. The monoisotopic (exact) mass is 580 g/mol. The maximum atomic E-state index is 14.6. The number of hydrogen-bond donors (Lipinski definition) is 1. The van der Waals surface area contributed by atoms with Crippen molar-refractivity contribution in [1.82, 2.24) is 24.4 Å². The van der Waals surface area contributed by atoms with Gasteiger partial charge in [0.2, 0.25) is 5.95 Å². The van der Waals surface area contributed by atoms with Gasteiger partial charge in [-0.2, -0.15) is 13.2 Å². The second kappa shape index (κ2) is 11.5. The van der Waals surface area contributed by atoms with E-state index in [1.807, 2.05) is 19.0 Å². The minimum absolute atomic E-state index is 0.109. The van der Waals surface area contributed by atoms with Crippen molar-refractivity contribution in [2.24, 2.45) is 0 Å². The van der Waals surface area contributed by atoms with Gasteiger partial charge in [-0.25, -0.2) is 23.7 Å². The molecule has 2 aromatic carbocycles. The number of anilines is 3. The second-order valence-electron chi connectivity index (χ2n) is 9.31. The molecule has 0 saturated carbocycles. The smallest absolute Gasteiger partial charge is 0.406 e. The van der Waals surface area contributed by atoms with E-state index in [0.29, 0.717) is 29.4 Å². The molecule has 0 spiro atoms. The molecule has 2 heterocycles. The molecule has 218 valence electrons. The second-order valence-corrected chi connectivity index (χ2v) is 9.31. The van der Waals surface area contributed by atoms with E-state index in [-0.39, 0.29) is 40.1 Å². The number of nitrogens with zero attached hydrogens (tertiary/aromatic N) is 7. The fourth-order valence-electron chi connectivity index (χ4n) is 4.12. The van der Waals surface area contributed by atoms with Crippen LogP contribution in [-0.2, 0) is 6.54 Å². The van der Waals surface area contributed by atoms with Gasteiger partial charge in [0.25, 0.3) is 5.69 Å². The van der Waals surface area contributed by atoms with Crippen LogP contribution in [0.5, 0.6) is 5.75 Å². The zero-order chi connectivity index (χ0) is 30.1. The van der Waals surface area contributed by atoms with Crippen molar-refractivity contribution >= 4 is 34.0 Å². The molecule has 0 saturated heterocycles. The molecule has 1 N–H and O–H groups in total. The highest BCUT2D eigenvalue weighted by molar-refractivity contribution is 5.81. The molecule has 0 radical (unpaired) electrons. The molecule has 0 aliphatic heterocycles. The Labute approximate surface area is 230 Å². The summed E-state index contributed by atoms with van der Waals surface area (Å²) < 4.78 is 74.6. The number of likely N-dealkylation sites (N-methyl/N-ethyl adjacent to an activating group) is 2. The first kappa shape index (κ1) is 29.4. The van der Waals surface area contributed by atoms with Gasteiger partial charge >= 0.3 is 6.18 Å². The summed E-state index contributed by atoms with van der Waals surface area (Å²) in [6, 6.07) is 5.23. The third kappa shape index (κ3) is 6.59. The number of nitro benzene ring substituents is 1. The van der Waals surface area contributed by atoms with E-state index >= 15 is 0 Å². The number of hydrogen-bond acceptors (Lipinski definition) is 9. The Kier molecular flexibility index (Phi) is 8.23. The Morgan fingerprint density at radius 1 is 1.10 bits per heavy atom. The summed E-state index contributed by atoms with van der Waals surface area (Å²) in [6.07, 6.45) is -3.55. The maximum Gasteiger partial charge on any atom is 0.406 e. The Bertz CT molecular complexity index is 1590. The fraction of sp³-hybridized carbons (Fsp3) is 0.320. The molecule has 41 heavy (non-hydrogen) atoms. The van der Waals surface area contributed by atoms with E-state index < -0.39 is 34.8 Å². The van der Waals surface area contributed by atoms with Crippen LogP contribution in [0.3, 0.4) is 0 Å². The maximum absolute atomic E-state index is 14.6. The lowest BCUT2D eigenvalue weighted by atomic mass is 10.2. The molecule has 4 aromatic rings. The van der Waals surface area contributed by atoms with Crippen LogP contribution in [0.25, 0.3) is 22.6 Å². The average molecular weight is 581 g/mol. The van der Waals surface area contributed by atoms with Gasteiger partial charge in [-0.05, 0) is 20.2 Å². The van der Waals surface area contributed by atoms with Gasteiger partial charge < -0.3 is 24.4 Å². The Balaban J connectivity index is 1.76. The number of ether oxygens (including phenoxy) is 1. The number of methoxy groups -OCH3 is 1. The van der Waals surface area contributed by atoms with Crippen molar-refractivity contribution in [2.45, 2.75) is 12.7 Å². The fourth-order valence-corrected chi connectivity index (χ4v) is 4.12. The summed E-state index contributed by atoms with van der Waals surface area (Å²) in [5.41, 5.74) is -0.854. The van der Waals surface area contributed by atoms with Gasteiger partial charge in [-0.1, -0.05) is 0 Å². The van der Waals surface area contributed by atoms with Crippen molar-refractivity contribution < 1.29 is 31.6 Å². The normalized spacial score (nSPS) is 11.8. The summed E-state index contributed by atoms with van der Waals surface area (Å²) in [4.78, 5) is 27.2. The van der Waals surface area contributed by atoms with Crippen LogP contribution >= 0.6 is 0 Å². The summed E-state index contributed by atoms with van der Waals surface area (Å²) >= 11 is 0. The molecular weight excluding hydrogens is 555 g/mol. The van der Waals surface area contributed by atoms with E-state index in [9.17, 15) is 32.1 Å². The van der Waals surface area contributed by atoms with Gasteiger partial charge in [0.05, 0.1) is 23.2 Å². The number of imidazole rings is 1. The zero-order valence-corrected chi connectivity index (χ0v) is 22.3. The Hall–Kier alpha value is -4.60. The lowest BCUT2D eigenvalue weighted by Gasteiger charge is -2.22. The van der Waals surface area contributed by atoms with E-state index in [1.54, 1.807) is 11.9 Å². The van der Waals surface area contributed by atoms with Crippen molar-refractivity contribution in [3.63, 3.8) is 0 Å². The summed E-state index contributed by atoms with van der Waals surface area (Å²) in [6.45, 7) is -0.498. The van der Waals surface area contributed by atoms with E-state index in [2.05, 4.69) is 20.3 Å². The number of alkyl halides is 3. The number of rotatable bonds is 10. The predicted molar refractivity (Wildman–Crippen MR) is 141 cm³/mol. The van der Waals surface area contributed by atoms with Crippen molar-refractivity contribution in [2.75, 3.05) is 51.6 Å². The molecule has 0 amide bonds. The molecule has 0 fully saturated rings. The molecule has 0 atom stereocenters. The van der Waals surface area contributed by atoms with Crippen LogP contribution < -0.4 is 15.0 Å². The molecule has 16 heteroatoms. The minimum atomic E-state index is -4.76. The van der Waals surface area contributed by atoms with Crippen LogP contribution in [0.2, 0.25) is 0 Å². The molecule has 11 nitrogen and oxygen atoms in total. The summed E-state index contributed by atoms with van der Waals surface area (Å²) in [7, 11) is 6.81. The highest BCUT2D eigenvalue weighted by Gasteiger charge is 2.32. The SMILES string of the molecule is COc1cc(N(C)CCN(C)C)c([N+](=O)[O-])cc1Nc1nccc(-c2nc3cc(F)cc(F)c3n2CC(F)(F)F)n1. The van der Waals surface area contributed by atoms with Gasteiger partial charge in [0, 0.05) is 50.6 Å². The number of halogens is 5. The number of benzene rings is 2. The topological polar surface area (TPSA) is 114 Å². The van der Waals surface area contributed by atoms with Crippen LogP contribution in [0, 0.1) is 21.7 Å². The molecule has 0 aliphatic rings. The third-order valence-electron chi connectivity index (χ3n) is 6.02. The Morgan fingerprint density at radius 3 is 2.46 bits per heavy atom. The Morgan fingerprint density at radius 2 is 1.83 bits per heavy atom. The van der Waals surface area contributed by atoms with E-state index in [1.165, 1.54) is 31.5 Å². The summed E-state index contributed by atoms with van der Waals surface area (Å²) in [5.74, 6) is -2.57. The van der Waals surface area contributed by atoms with Crippen LogP contribution in [0.1, 0.15) is 0 Å². The lowest BCUT2D eigenvalue weighted by molar-refractivity contribution is -0.384. The van der Waals surface area contributed by atoms with Crippen LogP contribution in [0.4, 0.5) is 45.0 Å². The first-order valence-corrected chi connectivity index (χ1v) is 12.0. The van der Waals surface area contributed by atoms with Gasteiger partial charge in [0.15, 0.2) is 11.6 Å². The van der Waals surface area contributed by atoms with Gasteiger partial charge in [-0.15, -0.1) is 0 Å². The molecule has 4 rings (SSSR count). The standard InChI is InChI=1S/C25H25F5N8O3/c1-35(2)7-8-36(3)19-12-21(41-4)17(11-20(19)38(39)40)34-24-31-6-5-16(33-24)23-32-18-10-14(26)9-15(27)22(18)37(23)13-25(28,29)30/h5-6,9-12H,7-8,13H2,1-4H3,(H,31,33,34). The van der Waals surface area contributed by atoms with E-state index in [0.717, 1.165) is 6.07 Å². The predicted octanol–water partition coefficient (Wildman–Crippen LogP) is 4.99. The third-order valence-corrected chi connectivity index (χ3v) is 6.02. The largest absolute Gasteiger partial charge is 0.494 e. The van der Waals surface area contributed by atoms with E-state index in [4.69, 9.17) is 4.74 Å². The average Bonchev–Trinajstić information content (AvgIpc) is 3.23. The molecule has 0 unspecified atom stereocenters. The van der Waals surface area contributed by atoms with Gasteiger partial charge in [0.1, 0.15) is 35.0 Å². The quantitative estimate of drug-likeness (QED) is 0.157. The minimum Gasteiger partial charge on any atom is -0.494 e. The highest BCUT2D eigenvalue weighted by atomic mass is 19.4. The number of nitrogens with one attached hydrogen (secondary N) is 1.